The molecule has 0 atom stereocenters. The molecule has 5 rings (SSSR count). The highest BCUT2D eigenvalue weighted by molar-refractivity contribution is 7.95. The zero-order valence-electron chi connectivity index (χ0n) is 16.6. The fraction of sp³-hybridized carbons (Fsp3) is 0.0370. The maximum atomic E-state index is 5.00. The average Bonchev–Trinajstić information content (AvgIpc) is 2.84. The number of benzene rings is 4. The number of nitrogens with zero attached hydrogens (tertiary/aromatic N) is 2. The molecule has 0 amide bonds. The van der Waals surface area contributed by atoms with Gasteiger partial charge in [0.1, 0.15) is 29.3 Å². The maximum absolute atomic E-state index is 5.00. The molecule has 144 valence electrons. The number of aromatic nitrogens is 2. The summed E-state index contributed by atoms with van der Waals surface area (Å²) in [5.41, 5.74) is 2.91. The van der Waals surface area contributed by atoms with E-state index in [2.05, 4.69) is 91.0 Å². The van der Waals surface area contributed by atoms with Crippen LogP contribution in [-0.2, 0) is 6.16 Å². The van der Waals surface area contributed by atoms with E-state index in [4.69, 9.17) is 9.97 Å². The van der Waals surface area contributed by atoms with Crippen LogP contribution in [0.25, 0.3) is 11.0 Å². The normalized spacial score (nSPS) is 11.5. The van der Waals surface area contributed by atoms with E-state index in [-0.39, 0.29) is 0 Å². The minimum atomic E-state index is -1.96. The van der Waals surface area contributed by atoms with E-state index in [1.807, 2.05) is 30.5 Å². The average molecular weight is 405 g/mol. The van der Waals surface area contributed by atoms with Crippen molar-refractivity contribution in [2.75, 3.05) is 0 Å². The first kappa shape index (κ1) is 18.7. The van der Waals surface area contributed by atoms with Crippen molar-refractivity contribution in [3.8, 4) is 0 Å². The molecule has 0 unspecified atom stereocenters. The van der Waals surface area contributed by atoms with Gasteiger partial charge in [-0.25, -0.2) is 4.98 Å². The number of fused-ring (bicyclic) bond motifs is 1. The Bertz CT molecular complexity index is 1160. The van der Waals surface area contributed by atoms with Gasteiger partial charge >= 0.3 is 0 Å². The molecular formula is C27H22N2P+. The summed E-state index contributed by atoms with van der Waals surface area (Å²) in [5.74, 6) is 0. The largest absolute Gasteiger partial charge is 0.253 e. The van der Waals surface area contributed by atoms with Crippen LogP contribution in [0.2, 0.25) is 0 Å². The van der Waals surface area contributed by atoms with Gasteiger partial charge in [0.05, 0.1) is 22.9 Å². The molecule has 1 heterocycles. The van der Waals surface area contributed by atoms with Crippen molar-refractivity contribution in [1.82, 2.24) is 9.97 Å². The number of para-hydroxylation sites is 2. The lowest BCUT2D eigenvalue weighted by Crippen LogP contribution is -2.32. The molecule has 0 saturated heterocycles. The Morgan fingerprint density at radius 2 is 0.933 bits per heavy atom. The third kappa shape index (κ3) is 3.40. The number of hydrogen-bond acceptors (Lipinski definition) is 2. The first-order valence-electron chi connectivity index (χ1n) is 10.1. The van der Waals surface area contributed by atoms with E-state index in [1.54, 1.807) is 0 Å². The highest BCUT2D eigenvalue weighted by Crippen LogP contribution is 2.57. The Kier molecular flexibility index (Phi) is 5.09. The number of hydrogen-bond donors (Lipinski definition) is 0. The summed E-state index contributed by atoms with van der Waals surface area (Å²) in [6, 6.07) is 40.8. The highest BCUT2D eigenvalue weighted by atomic mass is 31.2. The van der Waals surface area contributed by atoms with Crippen LogP contribution >= 0.6 is 7.26 Å². The van der Waals surface area contributed by atoms with E-state index in [0.29, 0.717) is 0 Å². The van der Waals surface area contributed by atoms with Crippen LogP contribution in [0.5, 0.6) is 0 Å². The third-order valence-corrected chi connectivity index (χ3v) is 9.83. The zero-order valence-corrected chi connectivity index (χ0v) is 17.5. The van der Waals surface area contributed by atoms with Crippen molar-refractivity contribution in [1.29, 1.82) is 0 Å². The smallest absolute Gasteiger partial charge is 0.118 e. The topological polar surface area (TPSA) is 25.8 Å². The zero-order chi connectivity index (χ0) is 20.2. The first-order chi connectivity index (χ1) is 14.9. The minimum Gasteiger partial charge on any atom is -0.253 e. The van der Waals surface area contributed by atoms with Crippen molar-refractivity contribution < 1.29 is 0 Å². The first-order valence-corrected chi connectivity index (χ1v) is 12.1. The van der Waals surface area contributed by atoms with Crippen molar-refractivity contribution in [3.05, 3.63) is 127 Å². The summed E-state index contributed by atoms with van der Waals surface area (Å²) < 4.78 is 0. The van der Waals surface area contributed by atoms with E-state index in [9.17, 15) is 0 Å². The molecule has 0 radical (unpaired) electrons. The van der Waals surface area contributed by atoms with Gasteiger partial charge in [0.25, 0.3) is 0 Å². The lowest BCUT2D eigenvalue weighted by molar-refractivity contribution is 1.15. The molecule has 0 aliphatic rings. The fourth-order valence-electron chi connectivity index (χ4n) is 4.08. The van der Waals surface area contributed by atoms with Crippen LogP contribution in [0.1, 0.15) is 5.69 Å². The molecule has 0 N–H and O–H groups in total. The van der Waals surface area contributed by atoms with Gasteiger partial charge in [-0.3, -0.25) is 4.98 Å². The van der Waals surface area contributed by atoms with Gasteiger partial charge in [-0.15, -0.1) is 0 Å². The van der Waals surface area contributed by atoms with Gasteiger partial charge < -0.3 is 0 Å². The van der Waals surface area contributed by atoms with Crippen molar-refractivity contribution >= 4 is 34.2 Å². The molecule has 4 aromatic carbocycles. The lowest BCUT2D eigenvalue weighted by atomic mass is 10.3. The Hall–Kier alpha value is -3.35. The quantitative estimate of drug-likeness (QED) is 0.379. The van der Waals surface area contributed by atoms with Crippen LogP contribution in [0, 0.1) is 0 Å². The Balaban J connectivity index is 1.76. The van der Waals surface area contributed by atoms with E-state index < -0.39 is 7.26 Å². The van der Waals surface area contributed by atoms with Gasteiger partial charge in [-0.05, 0) is 48.5 Å². The standard InChI is InChI=1S/C27H22N2P/c1-4-12-23(13-5-1)30(24-14-6-2-7-15-24,25-16-8-3-9-17-25)21-22-20-28-26-18-10-11-19-27(26)29-22/h1-20H,21H2/q+1. The van der Waals surface area contributed by atoms with Gasteiger partial charge in [0.15, 0.2) is 0 Å². The van der Waals surface area contributed by atoms with Gasteiger partial charge in [0.2, 0.25) is 0 Å². The molecule has 1 aromatic heterocycles. The molecule has 0 fully saturated rings. The van der Waals surface area contributed by atoms with Crippen molar-refractivity contribution in [2.45, 2.75) is 6.16 Å². The number of rotatable bonds is 5. The molecular weight excluding hydrogens is 383 g/mol. The molecule has 3 heteroatoms. The third-order valence-electron chi connectivity index (χ3n) is 5.49. The van der Waals surface area contributed by atoms with Gasteiger partial charge in [0, 0.05) is 0 Å². The SMILES string of the molecule is c1ccc([P+](Cc2cnc3ccccc3n2)(c2ccccc2)c2ccccc2)cc1. The summed E-state index contributed by atoms with van der Waals surface area (Å²) in [7, 11) is -1.96. The van der Waals surface area contributed by atoms with E-state index in [1.165, 1.54) is 15.9 Å². The predicted octanol–water partition coefficient (Wildman–Crippen LogP) is 5.12. The second kappa shape index (κ2) is 8.18. The Morgan fingerprint density at radius 3 is 1.43 bits per heavy atom. The summed E-state index contributed by atoms with van der Waals surface area (Å²) in [5, 5.41) is 4.08. The predicted molar refractivity (Wildman–Crippen MR) is 128 cm³/mol. The fourth-order valence-corrected chi connectivity index (χ4v) is 8.21. The molecule has 0 bridgehead atoms. The second-order valence-electron chi connectivity index (χ2n) is 7.32. The van der Waals surface area contributed by atoms with Gasteiger partial charge in [-0.2, -0.15) is 0 Å². The molecule has 0 saturated carbocycles. The van der Waals surface area contributed by atoms with Crippen molar-refractivity contribution in [3.63, 3.8) is 0 Å². The molecule has 2 nitrogen and oxygen atoms in total. The minimum absolute atomic E-state index is 0.836. The summed E-state index contributed by atoms with van der Waals surface area (Å²) >= 11 is 0. The lowest BCUT2D eigenvalue weighted by Gasteiger charge is -2.27. The van der Waals surface area contributed by atoms with Crippen LogP contribution in [0.3, 0.4) is 0 Å². The van der Waals surface area contributed by atoms with Crippen LogP contribution in [0.4, 0.5) is 0 Å². The van der Waals surface area contributed by atoms with Crippen LogP contribution in [-0.4, -0.2) is 9.97 Å². The Morgan fingerprint density at radius 1 is 0.500 bits per heavy atom. The van der Waals surface area contributed by atoms with E-state index >= 15 is 0 Å². The molecule has 0 aliphatic heterocycles. The van der Waals surface area contributed by atoms with Gasteiger partial charge in [-0.1, -0.05) is 66.7 Å². The van der Waals surface area contributed by atoms with Crippen LogP contribution in [0.15, 0.2) is 121 Å². The van der Waals surface area contributed by atoms with Crippen molar-refractivity contribution in [2.24, 2.45) is 0 Å². The maximum Gasteiger partial charge on any atom is 0.118 e. The molecule has 30 heavy (non-hydrogen) atoms. The van der Waals surface area contributed by atoms with E-state index in [0.717, 1.165) is 22.9 Å². The Labute approximate surface area is 177 Å². The molecule has 5 aromatic rings. The molecule has 0 aliphatic carbocycles. The second-order valence-corrected chi connectivity index (χ2v) is 10.8. The highest BCUT2D eigenvalue weighted by Gasteiger charge is 2.45. The molecule has 0 spiro atoms. The summed E-state index contributed by atoms with van der Waals surface area (Å²) in [6.45, 7) is 0. The monoisotopic (exact) mass is 405 g/mol. The van der Waals surface area contributed by atoms with Crippen LogP contribution < -0.4 is 15.9 Å². The summed E-state index contributed by atoms with van der Waals surface area (Å²) in [4.78, 5) is 9.70. The summed E-state index contributed by atoms with van der Waals surface area (Å²) in [6.07, 6.45) is 2.79.